The van der Waals surface area contributed by atoms with Crippen molar-refractivity contribution < 1.29 is 9.59 Å². The third-order valence-corrected chi connectivity index (χ3v) is 3.70. The minimum absolute atomic E-state index is 0.0832. The number of nitrogens with zero attached hydrogens (tertiary/aromatic N) is 2. The van der Waals surface area contributed by atoms with Gasteiger partial charge in [-0.2, -0.15) is 0 Å². The van der Waals surface area contributed by atoms with Crippen LogP contribution in [0.15, 0.2) is 24.3 Å². The Morgan fingerprint density at radius 3 is 2.73 bits per heavy atom. The van der Waals surface area contributed by atoms with Crippen LogP contribution in [-0.2, 0) is 11.3 Å². The lowest BCUT2D eigenvalue weighted by molar-refractivity contribution is -0.133. The zero-order valence-electron chi connectivity index (χ0n) is 12.8. The number of amides is 3. The van der Waals surface area contributed by atoms with E-state index in [1.54, 1.807) is 11.0 Å². The number of rotatable bonds is 6. The topological polar surface area (TPSA) is 64.7 Å². The van der Waals surface area contributed by atoms with Gasteiger partial charge in [0.1, 0.15) is 6.04 Å². The van der Waals surface area contributed by atoms with Gasteiger partial charge in [0.15, 0.2) is 0 Å². The zero-order chi connectivity index (χ0) is 16.1. The lowest BCUT2D eigenvalue weighted by atomic mass is 10.2. The average Bonchev–Trinajstić information content (AvgIpc) is 2.89. The molecule has 0 radical (unpaired) electrons. The molecule has 1 aliphatic heterocycles. The Labute approximate surface area is 135 Å². The van der Waals surface area contributed by atoms with Crippen LogP contribution in [0.5, 0.6) is 0 Å². The maximum atomic E-state index is 12.6. The maximum absolute atomic E-state index is 12.6. The van der Waals surface area contributed by atoms with Gasteiger partial charge >= 0.3 is 6.03 Å². The molecule has 0 spiro atoms. The predicted molar refractivity (Wildman–Crippen MR) is 85.7 cm³/mol. The molecule has 0 unspecified atom stereocenters. The molecule has 1 aromatic rings. The molecular weight excluding hydrogens is 304 g/mol. The van der Waals surface area contributed by atoms with Gasteiger partial charge in [0.2, 0.25) is 5.91 Å². The van der Waals surface area contributed by atoms with Crippen LogP contribution in [0.2, 0.25) is 5.02 Å². The fourth-order valence-electron chi connectivity index (χ4n) is 2.27. The minimum Gasteiger partial charge on any atom is -0.336 e. The Morgan fingerprint density at radius 2 is 2.14 bits per heavy atom. The molecule has 1 aromatic carbocycles. The first kappa shape index (κ1) is 16.6. The van der Waals surface area contributed by atoms with Crippen molar-refractivity contribution in [3.63, 3.8) is 0 Å². The van der Waals surface area contributed by atoms with Crippen molar-refractivity contribution >= 4 is 23.5 Å². The molecule has 22 heavy (non-hydrogen) atoms. The molecule has 1 aliphatic rings. The van der Waals surface area contributed by atoms with Crippen molar-refractivity contribution in [2.24, 2.45) is 0 Å². The number of benzene rings is 1. The van der Waals surface area contributed by atoms with E-state index in [0.717, 1.165) is 12.1 Å². The molecule has 7 heteroatoms. The van der Waals surface area contributed by atoms with E-state index in [-0.39, 0.29) is 11.9 Å². The summed E-state index contributed by atoms with van der Waals surface area (Å²) in [7, 11) is 3.92. The van der Waals surface area contributed by atoms with Gasteiger partial charge < -0.3 is 20.4 Å². The average molecular weight is 325 g/mol. The maximum Gasteiger partial charge on any atom is 0.315 e. The smallest absolute Gasteiger partial charge is 0.315 e. The van der Waals surface area contributed by atoms with E-state index in [4.69, 9.17) is 11.6 Å². The van der Waals surface area contributed by atoms with Crippen LogP contribution in [0, 0.1) is 0 Å². The van der Waals surface area contributed by atoms with Crippen molar-refractivity contribution in [1.82, 2.24) is 20.4 Å². The molecule has 0 bridgehead atoms. The molecule has 0 saturated carbocycles. The van der Waals surface area contributed by atoms with E-state index in [1.165, 1.54) is 0 Å². The van der Waals surface area contributed by atoms with Gasteiger partial charge in [0.25, 0.3) is 0 Å². The van der Waals surface area contributed by atoms with Crippen LogP contribution in [-0.4, -0.2) is 61.5 Å². The summed E-state index contributed by atoms with van der Waals surface area (Å²) in [5.74, 6) is -0.0832. The number of carbonyl (C=O) groups excluding carboxylic acids is 2. The third kappa shape index (κ3) is 4.61. The van der Waals surface area contributed by atoms with Gasteiger partial charge in [0.05, 0.1) is 0 Å². The Kier molecular flexibility index (Phi) is 5.63. The molecule has 2 rings (SSSR count). The number of hydrogen-bond donors (Lipinski definition) is 2. The highest BCUT2D eigenvalue weighted by Crippen LogP contribution is 2.13. The highest BCUT2D eigenvalue weighted by atomic mass is 35.5. The van der Waals surface area contributed by atoms with E-state index in [1.807, 2.05) is 37.2 Å². The van der Waals surface area contributed by atoms with Crippen LogP contribution in [0.4, 0.5) is 4.79 Å². The van der Waals surface area contributed by atoms with E-state index in [0.29, 0.717) is 24.7 Å². The largest absolute Gasteiger partial charge is 0.336 e. The first-order valence-electron chi connectivity index (χ1n) is 7.18. The Hall–Kier alpha value is -1.79. The van der Waals surface area contributed by atoms with E-state index < -0.39 is 6.04 Å². The summed E-state index contributed by atoms with van der Waals surface area (Å²) >= 11 is 6.00. The Morgan fingerprint density at radius 1 is 1.36 bits per heavy atom. The zero-order valence-corrected chi connectivity index (χ0v) is 13.6. The molecule has 1 saturated heterocycles. The van der Waals surface area contributed by atoms with E-state index in [2.05, 4.69) is 10.6 Å². The van der Waals surface area contributed by atoms with Gasteiger partial charge in [-0.15, -0.1) is 0 Å². The monoisotopic (exact) mass is 324 g/mol. The number of halogens is 1. The van der Waals surface area contributed by atoms with Crippen LogP contribution in [0.1, 0.15) is 5.56 Å². The normalized spacial score (nSPS) is 17.3. The predicted octanol–water partition coefficient (Wildman–Crippen LogP) is 0.912. The molecular formula is C15H21ClN4O2. The van der Waals surface area contributed by atoms with Gasteiger partial charge in [-0.05, 0) is 31.8 Å². The molecule has 6 nitrogen and oxygen atoms in total. The molecule has 1 fully saturated rings. The Bertz CT molecular complexity index is 550. The summed E-state index contributed by atoms with van der Waals surface area (Å²) in [6.07, 6.45) is 0. The summed E-state index contributed by atoms with van der Waals surface area (Å²) in [5, 5.41) is 5.90. The highest BCUT2D eigenvalue weighted by molar-refractivity contribution is 6.30. The van der Waals surface area contributed by atoms with Gasteiger partial charge in [-0.1, -0.05) is 23.7 Å². The highest BCUT2D eigenvalue weighted by Gasteiger charge is 2.30. The lowest BCUT2D eigenvalue weighted by Crippen LogP contribution is -2.47. The number of carbonyl (C=O) groups is 2. The van der Waals surface area contributed by atoms with Gasteiger partial charge in [0, 0.05) is 31.2 Å². The summed E-state index contributed by atoms with van der Waals surface area (Å²) in [5.41, 5.74) is 0.969. The molecule has 120 valence electrons. The quantitative estimate of drug-likeness (QED) is 0.817. The number of likely N-dealkylation sites (N-methyl/N-ethyl adjacent to an activating group) is 1. The van der Waals surface area contributed by atoms with Crippen LogP contribution in [0.3, 0.4) is 0 Å². The van der Waals surface area contributed by atoms with Crippen LogP contribution >= 0.6 is 11.6 Å². The van der Waals surface area contributed by atoms with Crippen molar-refractivity contribution in [3.8, 4) is 0 Å². The second-order valence-corrected chi connectivity index (χ2v) is 6.04. The summed E-state index contributed by atoms with van der Waals surface area (Å²) in [6.45, 7) is 2.14. The summed E-state index contributed by atoms with van der Waals surface area (Å²) < 4.78 is 0. The van der Waals surface area contributed by atoms with E-state index in [9.17, 15) is 9.59 Å². The van der Waals surface area contributed by atoms with Crippen molar-refractivity contribution in [2.45, 2.75) is 12.6 Å². The van der Waals surface area contributed by atoms with E-state index >= 15 is 0 Å². The summed E-state index contributed by atoms with van der Waals surface area (Å²) in [4.78, 5) is 27.6. The molecule has 1 atom stereocenters. The lowest BCUT2D eigenvalue weighted by Gasteiger charge is -2.26. The van der Waals surface area contributed by atoms with Gasteiger partial charge in [-0.25, -0.2) is 4.79 Å². The number of urea groups is 1. The van der Waals surface area contributed by atoms with Crippen molar-refractivity contribution in [1.29, 1.82) is 0 Å². The second-order valence-electron chi connectivity index (χ2n) is 5.60. The molecule has 2 N–H and O–H groups in total. The fourth-order valence-corrected chi connectivity index (χ4v) is 2.48. The molecule has 1 heterocycles. The standard InChI is InChI=1S/C15H21ClN4O2/c1-19(2)6-7-20(10-11-4-3-5-12(16)8-11)14(21)13-9-17-15(22)18-13/h3-5,8,13H,6-7,9-10H2,1-2H3,(H2,17,18,22)/t13-/m0/s1. The molecule has 0 aliphatic carbocycles. The first-order valence-corrected chi connectivity index (χ1v) is 7.56. The molecule has 0 aromatic heterocycles. The second kappa shape index (κ2) is 7.47. The third-order valence-electron chi connectivity index (χ3n) is 3.46. The minimum atomic E-state index is -0.506. The molecule has 3 amide bonds. The Balaban J connectivity index is 2.07. The van der Waals surface area contributed by atoms with Crippen molar-refractivity contribution in [2.75, 3.05) is 33.7 Å². The van der Waals surface area contributed by atoms with Gasteiger partial charge in [-0.3, -0.25) is 4.79 Å². The van der Waals surface area contributed by atoms with Crippen LogP contribution < -0.4 is 10.6 Å². The fraction of sp³-hybridized carbons (Fsp3) is 0.467. The first-order chi connectivity index (χ1) is 10.5. The number of nitrogens with one attached hydrogen (secondary N) is 2. The van der Waals surface area contributed by atoms with Crippen LogP contribution in [0.25, 0.3) is 0 Å². The van der Waals surface area contributed by atoms with Crippen molar-refractivity contribution in [3.05, 3.63) is 34.9 Å². The summed E-state index contributed by atoms with van der Waals surface area (Å²) in [6, 6.07) is 6.65. The SMILES string of the molecule is CN(C)CCN(Cc1cccc(Cl)c1)C(=O)[C@@H]1CNC(=O)N1. The number of hydrogen-bond acceptors (Lipinski definition) is 3.